The molecule has 224 valence electrons. The summed E-state index contributed by atoms with van der Waals surface area (Å²) >= 11 is 0. The summed E-state index contributed by atoms with van der Waals surface area (Å²) in [5.74, 6) is -2.94. The highest BCUT2D eigenvalue weighted by atomic mass is 19.1. The van der Waals surface area contributed by atoms with Gasteiger partial charge in [0.1, 0.15) is 17.5 Å². The van der Waals surface area contributed by atoms with Crippen LogP contribution in [0.5, 0.6) is 0 Å². The molecule has 0 saturated carbocycles. The molecule has 0 aromatic heterocycles. The molecule has 2 amide bonds. The van der Waals surface area contributed by atoms with E-state index in [9.17, 15) is 23.5 Å². The third-order valence-corrected chi connectivity index (χ3v) is 7.85. The number of aryl methyl sites for hydroxylation is 1. The molecule has 1 saturated heterocycles. The second kappa shape index (κ2) is 13.4. The number of aliphatic hydroxyl groups is 1. The van der Waals surface area contributed by atoms with Crippen LogP contribution in [-0.4, -0.2) is 53.8 Å². The zero-order valence-electron chi connectivity index (χ0n) is 23.7. The molecule has 0 aliphatic carbocycles. The fourth-order valence-corrected chi connectivity index (χ4v) is 5.94. The largest absolute Gasteiger partial charge is 0.465 e. The average molecular weight is 584 g/mol. The maximum atomic E-state index is 15.5. The topological polar surface area (TPSA) is 102 Å². The van der Waals surface area contributed by atoms with Crippen LogP contribution in [-0.2, 0) is 12.1 Å². The number of nitrogens with zero attached hydrogens (tertiary/aromatic N) is 1. The van der Waals surface area contributed by atoms with E-state index in [1.54, 1.807) is 32.2 Å². The first-order valence-electron chi connectivity index (χ1n) is 14.0. The highest BCUT2D eigenvalue weighted by molar-refractivity contribution is 5.94. The number of likely N-dealkylation sites (tertiary alicyclic amines) is 1. The SMILES string of the molecule is CNCc1ccc(C(=O)N2CCCC(C(O)(CCCNC(=O)O)c3cccc(F)c3-c3cc(C)cc(F)c3)C2)c(F)c1. The van der Waals surface area contributed by atoms with Crippen molar-refractivity contribution in [1.29, 1.82) is 0 Å². The van der Waals surface area contributed by atoms with Crippen LogP contribution in [0.25, 0.3) is 11.1 Å². The fraction of sp³-hybridized carbons (Fsp3) is 0.375. The van der Waals surface area contributed by atoms with Gasteiger partial charge in [-0.05, 0) is 92.2 Å². The van der Waals surface area contributed by atoms with Crippen LogP contribution in [0.4, 0.5) is 18.0 Å². The van der Waals surface area contributed by atoms with Gasteiger partial charge in [-0.15, -0.1) is 0 Å². The number of hydrogen-bond donors (Lipinski definition) is 4. The molecular weight excluding hydrogens is 547 g/mol. The minimum atomic E-state index is -1.72. The van der Waals surface area contributed by atoms with Gasteiger partial charge >= 0.3 is 6.09 Å². The van der Waals surface area contributed by atoms with Gasteiger partial charge in [-0.3, -0.25) is 4.79 Å². The summed E-state index contributed by atoms with van der Waals surface area (Å²) in [5, 5.41) is 26.7. The summed E-state index contributed by atoms with van der Waals surface area (Å²) in [4.78, 5) is 26.0. The lowest BCUT2D eigenvalue weighted by molar-refractivity contribution is -0.0565. The van der Waals surface area contributed by atoms with E-state index < -0.39 is 41.0 Å². The molecule has 2 atom stereocenters. The lowest BCUT2D eigenvalue weighted by atomic mass is 9.72. The van der Waals surface area contributed by atoms with Gasteiger partial charge in [0.25, 0.3) is 5.91 Å². The lowest BCUT2D eigenvalue weighted by Gasteiger charge is -2.43. The molecular formula is C32H36F3N3O4. The van der Waals surface area contributed by atoms with Crippen molar-refractivity contribution >= 4 is 12.0 Å². The molecule has 1 aliphatic rings. The van der Waals surface area contributed by atoms with Crippen LogP contribution in [0.1, 0.15) is 52.7 Å². The third kappa shape index (κ3) is 6.94. The number of carbonyl (C=O) groups is 2. The van der Waals surface area contributed by atoms with Gasteiger partial charge in [0.15, 0.2) is 0 Å². The molecule has 0 radical (unpaired) electrons. The van der Waals surface area contributed by atoms with E-state index in [0.29, 0.717) is 37.1 Å². The highest BCUT2D eigenvalue weighted by Gasteiger charge is 2.43. The maximum Gasteiger partial charge on any atom is 0.404 e. The predicted molar refractivity (Wildman–Crippen MR) is 153 cm³/mol. The Balaban J connectivity index is 1.72. The van der Waals surface area contributed by atoms with Crippen molar-refractivity contribution in [3.63, 3.8) is 0 Å². The van der Waals surface area contributed by atoms with Crippen molar-refractivity contribution in [1.82, 2.24) is 15.5 Å². The van der Waals surface area contributed by atoms with Gasteiger partial charge in [0.05, 0.1) is 11.2 Å². The van der Waals surface area contributed by atoms with E-state index in [4.69, 9.17) is 5.11 Å². The Bertz CT molecular complexity index is 1430. The van der Waals surface area contributed by atoms with Crippen LogP contribution in [0, 0.1) is 30.3 Å². The van der Waals surface area contributed by atoms with E-state index in [1.807, 2.05) is 0 Å². The molecule has 4 rings (SSSR count). The maximum absolute atomic E-state index is 15.5. The van der Waals surface area contributed by atoms with Gasteiger partial charge in [0, 0.05) is 37.7 Å². The van der Waals surface area contributed by atoms with Crippen LogP contribution in [0.2, 0.25) is 0 Å². The molecule has 0 bridgehead atoms. The van der Waals surface area contributed by atoms with Gasteiger partial charge in [-0.1, -0.05) is 24.3 Å². The first kappa shape index (κ1) is 31.1. The summed E-state index contributed by atoms with van der Waals surface area (Å²) in [5.41, 5.74) is 0.00493. The molecule has 1 fully saturated rings. The zero-order valence-corrected chi connectivity index (χ0v) is 23.7. The fourth-order valence-electron chi connectivity index (χ4n) is 5.94. The average Bonchev–Trinajstić information content (AvgIpc) is 2.94. The standard InChI is InChI=1S/C32H36F3N3O4/c1-20-14-22(17-24(33)15-20)29-26(7-3-8-27(29)34)32(42,11-5-12-37-31(40)41)23-6-4-13-38(19-23)30(39)25-10-9-21(18-36-2)16-28(25)35/h3,7-10,14-17,23,36-37,42H,4-6,11-13,18-19H2,1-2H3,(H,40,41). The Kier molecular flexibility index (Phi) is 9.90. The molecule has 4 N–H and O–H groups in total. The number of amides is 2. The quantitative estimate of drug-likeness (QED) is 0.233. The van der Waals surface area contributed by atoms with E-state index in [1.165, 1.54) is 41.3 Å². The minimum absolute atomic E-state index is 0.0395. The number of halogens is 3. The minimum Gasteiger partial charge on any atom is -0.465 e. The number of benzene rings is 3. The molecule has 1 heterocycles. The zero-order chi connectivity index (χ0) is 30.4. The van der Waals surface area contributed by atoms with Crippen LogP contribution >= 0.6 is 0 Å². The predicted octanol–water partition coefficient (Wildman–Crippen LogP) is 5.59. The second-order valence-corrected chi connectivity index (χ2v) is 10.9. The number of piperidine rings is 1. The van der Waals surface area contributed by atoms with Crippen molar-refractivity contribution in [2.45, 2.75) is 44.8 Å². The van der Waals surface area contributed by atoms with Crippen molar-refractivity contribution in [2.24, 2.45) is 5.92 Å². The van der Waals surface area contributed by atoms with Crippen molar-refractivity contribution < 1.29 is 33.0 Å². The molecule has 2 unspecified atom stereocenters. The smallest absolute Gasteiger partial charge is 0.404 e. The first-order valence-corrected chi connectivity index (χ1v) is 14.0. The Morgan fingerprint density at radius 2 is 1.86 bits per heavy atom. The molecule has 0 spiro atoms. The van der Waals surface area contributed by atoms with E-state index in [2.05, 4.69) is 10.6 Å². The lowest BCUT2D eigenvalue weighted by Crippen LogP contribution is -2.48. The third-order valence-electron chi connectivity index (χ3n) is 7.85. The van der Waals surface area contributed by atoms with Gasteiger partial charge < -0.3 is 25.7 Å². The van der Waals surface area contributed by atoms with Crippen LogP contribution in [0.15, 0.2) is 54.6 Å². The molecule has 42 heavy (non-hydrogen) atoms. The Labute approximate surface area is 243 Å². The Morgan fingerprint density at radius 1 is 1.07 bits per heavy atom. The van der Waals surface area contributed by atoms with Gasteiger partial charge in [-0.25, -0.2) is 18.0 Å². The molecule has 3 aromatic rings. The second-order valence-electron chi connectivity index (χ2n) is 10.9. The van der Waals surface area contributed by atoms with E-state index in [0.717, 1.165) is 0 Å². The highest BCUT2D eigenvalue weighted by Crippen LogP contribution is 2.44. The molecule has 10 heteroatoms. The molecule has 1 aliphatic heterocycles. The van der Waals surface area contributed by atoms with E-state index >= 15 is 4.39 Å². The summed E-state index contributed by atoms with van der Waals surface area (Å²) < 4.78 is 44.9. The van der Waals surface area contributed by atoms with Crippen LogP contribution < -0.4 is 10.6 Å². The number of nitrogens with one attached hydrogen (secondary N) is 2. The number of carboxylic acid groups (broad SMARTS) is 1. The van der Waals surface area contributed by atoms with Crippen LogP contribution in [0.3, 0.4) is 0 Å². The number of hydrogen-bond acceptors (Lipinski definition) is 4. The molecule has 3 aromatic carbocycles. The number of carbonyl (C=O) groups excluding carboxylic acids is 1. The Hall–Kier alpha value is -3.89. The summed E-state index contributed by atoms with van der Waals surface area (Å²) in [6.07, 6.45) is 0.0337. The Morgan fingerprint density at radius 3 is 2.55 bits per heavy atom. The van der Waals surface area contributed by atoms with Crippen molar-refractivity contribution in [2.75, 3.05) is 26.7 Å². The van der Waals surface area contributed by atoms with Gasteiger partial charge in [0.2, 0.25) is 0 Å². The van der Waals surface area contributed by atoms with Gasteiger partial charge in [-0.2, -0.15) is 0 Å². The first-order chi connectivity index (χ1) is 20.0. The number of rotatable bonds is 10. The molecule has 7 nitrogen and oxygen atoms in total. The summed E-state index contributed by atoms with van der Waals surface area (Å²) in [6, 6.07) is 12.9. The summed E-state index contributed by atoms with van der Waals surface area (Å²) in [6.45, 7) is 2.59. The van der Waals surface area contributed by atoms with Crippen molar-refractivity contribution in [3.05, 3.63) is 94.3 Å². The van der Waals surface area contributed by atoms with Crippen molar-refractivity contribution in [3.8, 4) is 11.1 Å². The normalized spacial score (nSPS) is 16.6. The monoisotopic (exact) mass is 583 g/mol. The van der Waals surface area contributed by atoms with E-state index in [-0.39, 0.29) is 48.2 Å². The summed E-state index contributed by atoms with van der Waals surface area (Å²) in [7, 11) is 1.74.